The summed E-state index contributed by atoms with van der Waals surface area (Å²) in [5, 5.41) is 5.50. The average Bonchev–Trinajstić information content (AvgIpc) is 2.56. The molecule has 0 bridgehead atoms. The molecular weight excluding hydrogens is 308 g/mol. The summed E-state index contributed by atoms with van der Waals surface area (Å²) >= 11 is 0. The van der Waals surface area contributed by atoms with Crippen LogP contribution in [-0.4, -0.2) is 26.4 Å². The lowest BCUT2D eigenvalue weighted by atomic mass is 10.2. The third kappa shape index (κ3) is 4.81. The normalized spacial score (nSPS) is 10.2. The number of amides is 2. The van der Waals surface area contributed by atoms with E-state index in [9.17, 15) is 4.79 Å². The molecule has 24 heavy (non-hydrogen) atoms. The minimum Gasteiger partial charge on any atom is -0.497 e. The fourth-order valence-electron chi connectivity index (χ4n) is 2.08. The minimum absolute atomic E-state index is 0.106. The van der Waals surface area contributed by atoms with Gasteiger partial charge in [-0.05, 0) is 50.2 Å². The van der Waals surface area contributed by atoms with Crippen molar-refractivity contribution < 1.29 is 19.0 Å². The van der Waals surface area contributed by atoms with E-state index in [1.165, 1.54) is 7.11 Å². The number of rotatable bonds is 6. The van der Waals surface area contributed by atoms with Crippen LogP contribution in [0.5, 0.6) is 17.2 Å². The number of nitrogens with one attached hydrogen (secondary N) is 2. The highest BCUT2D eigenvalue weighted by Gasteiger charge is 2.09. The Morgan fingerprint density at radius 3 is 2.17 bits per heavy atom. The Balaban J connectivity index is 2.00. The standard InChI is InChI=1S/C18H22N2O4/c1-12(2)24-14-7-5-13(6-8-14)19-18(21)20-16-10-9-15(22-3)11-17(16)23-4/h5-12H,1-4H3,(H2,19,20,21). The monoisotopic (exact) mass is 330 g/mol. The van der Waals surface area contributed by atoms with E-state index in [0.717, 1.165) is 5.75 Å². The van der Waals surface area contributed by atoms with Crippen molar-refractivity contribution in [3.8, 4) is 17.2 Å². The lowest BCUT2D eigenvalue weighted by Gasteiger charge is -2.13. The molecule has 0 atom stereocenters. The molecule has 2 N–H and O–H groups in total. The van der Waals surface area contributed by atoms with Gasteiger partial charge < -0.3 is 24.8 Å². The summed E-state index contributed by atoms with van der Waals surface area (Å²) in [6.45, 7) is 3.92. The van der Waals surface area contributed by atoms with Crippen molar-refractivity contribution in [1.82, 2.24) is 0 Å². The number of methoxy groups -OCH3 is 2. The molecule has 2 aromatic rings. The molecule has 0 aromatic heterocycles. The Labute approximate surface area is 141 Å². The Bertz CT molecular complexity index is 684. The van der Waals surface area contributed by atoms with Crippen molar-refractivity contribution in [3.63, 3.8) is 0 Å². The number of benzene rings is 2. The van der Waals surface area contributed by atoms with Crippen molar-refractivity contribution in [1.29, 1.82) is 0 Å². The van der Waals surface area contributed by atoms with E-state index in [1.54, 1.807) is 37.4 Å². The first-order valence-electron chi connectivity index (χ1n) is 7.58. The summed E-state index contributed by atoms with van der Waals surface area (Å²) < 4.78 is 15.9. The van der Waals surface area contributed by atoms with Crippen molar-refractivity contribution in [2.45, 2.75) is 20.0 Å². The zero-order valence-electron chi connectivity index (χ0n) is 14.3. The molecular formula is C18H22N2O4. The number of ether oxygens (including phenoxy) is 3. The van der Waals surface area contributed by atoms with Crippen LogP contribution in [0.4, 0.5) is 16.2 Å². The molecule has 0 heterocycles. The molecule has 2 amide bonds. The average molecular weight is 330 g/mol. The summed E-state index contributed by atoms with van der Waals surface area (Å²) in [5.41, 5.74) is 1.21. The van der Waals surface area contributed by atoms with E-state index >= 15 is 0 Å². The maximum absolute atomic E-state index is 12.1. The fraction of sp³-hybridized carbons (Fsp3) is 0.278. The van der Waals surface area contributed by atoms with Gasteiger partial charge in [0.2, 0.25) is 0 Å². The first-order chi connectivity index (χ1) is 11.5. The second-order valence-electron chi connectivity index (χ2n) is 5.34. The lowest BCUT2D eigenvalue weighted by molar-refractivity contribution is 0.242. The maximum atomic E-state index is 12.1. The van der Waals surface area contributed by atoms with Gasteiger partial charge in [0.05, 0.1) is 26.0 Å². The van der Waals surface area contributed by atoms with Gasteiger partial charge >= 0.3 is 6.03 Å². The first-order valence-corrected chi connectivity index (χ1v) is 7.58. The fourth-order valence-corrected chi connectivity index (χ4v) is 2.08. The van der Waals surface area contributed by atoms with Crippen molar-refractivity contribution >= 4 is 17.4 Å². The van der Waals surface area contributed by atoms with E-state index in [0.29, 0.717) is 22.9 Å². The number of carbonyl (C=O) groups excluding carboxylic acids is 1. The number of hydrogen-bond acceptors (Lipinski definition) is 4. The summed E-state index contributed by atoms with van der Waals surface area (Å²) in [6, 6.07) is 12.0. The predicted octanol–water partition coefficient (Wildman–Crippen LogP) is 4.14. The second kappa shape index (κ2) is 8.10. The number of hydrogen-bond donors (Lipinski definition) is 2. The van der Waals surface area contributed by atoms with Crippen LogP contribution < -0.4 is 24.8 Å². The molecule has 0 saturated heterocycles. The van der Waals surface area contributed by atoms with Gasteiger partial charge in [-0.15, -0.1) is 0 Å². The highest BCUT2D eigenvalue weighted by atomic mass is 16.5. The van der Waals surface area contributed by atoms with Crippen molar-refractivity contribution in [3.05, 3.63) is 42.5 Å². The number of urea groups is 1. The van der Waals surface area contributed by atoms with Crippen molar-refractivity contribution in [2.24, 2.45) is 0 Å². The van der Waals surface area contributed by atoms with Crippen LogP contribution in [-0.2, 0) is 0 Å². The zero-order chi connectivity index (χ0) is 17.5. The third-order valence-electron chi connectivity index (χ3n) is 3.14. The summed E-state index contributed by atoms with van der Waals surface area (Å²) in [5.74, 6) is 1.93. The molecule has 6 nitrogen and oxygen atoms in total. The van der Waals surface area contributed by atoms with Crippen LogP contribution in [0.15, 0.2) is 42.5 Å². The molecule has 0 aliphatic rings. The van der Waals surface area contributed by atoms with Crippen LogP contribution in [0.2, 0.25) is 0 Å². The Morgan fingerprint density at radius 1 is 0.917 bits per heavy atom. The van der Waals surface area contributed by atoms with E-state index < -0.39 is 0 Å². The van der Waals surface area contributed by atoms with Crippen LogP contribution in [0.1, 0.15) is 13.8 Å². The predicted molar refractivity (Wildman–Crippen MR) is 94.4 cm³/mol. The molecule has 0 aliphatic heterocycles. The van der Waals surface area contributed by atoms with E-state index in [4.69, 9.17) is 14.2 Å². The molecule has 0 aliphatic carbocycles. The van der Waals surface area contributed by atoms with E-state index in [-0.39, 0.29) is 12.1 Å². The molecule has 0 unspecified atom stereocenters. The molecule has 0 fully saturated rings. The summed E-state index contributed by atoms with van der Waals surface area (Å²) in [4.78, 5) is 12.1. The maximum Gasteiger partial charge on any atom is 0.323 e. The van der Waals surface area contributed by atoms with Crippen LogP contribution >= 0.6 is 0 Å². The van der Waals surface area contributed by atoms with Gasteiger partial charge in [-0.1, -0.05) is 0 Å². The largest absolute Gasteiger partial charge is 0.497 e. The van der Waals surface area contributed by atoms with Crippen LogP contribution in [0.25, 0.3) is 0 Å². The second-order valence-corrected chi connectivity index (χ2v) is 5.34. The van der Waals surface area contributed by atoms with Gasteiger partial charge in [-0.2, -0.15) is 0 Å². The van der Waals surface area contributed by atoms with E-state index in [1.807, 2.05) is 26.0 Å². The summed E-state index contributed by atoms with van der Waals surface area (Å²) in [6.07, 6.45) is 0.106. The molecule has 128 valence electrons. The molecule has 2 rings (SSSR count). The molecule has 0 radical (unpaired) electrons. The van der Waals surface area contributed by atoms with Crippen LogP contribution in [0.3, 0.4) is 0 Å². The van der Waals surface area contributed by atoms with Gasteiger partial charge in [0, 0.05) is 11.8 Å². The van der Waals surface area contributed by atoms with Crippen LogP contribution in [0, 0.1) is 0 Å². The molecule has 0 saturated carbocycles. The van der Waals surface area contributed by atoms with Crippen molar-refractivity contribution in [2.75, 3.05) is 24.9 Å². The Morgan fingerprint density at radius 2 is 1.58 bits per heavy atom. The van der Waals surface area contributed by atoms with Gasteiger partial charge in [-0.25, -0.2) is 4.79 Å². The van der Waals surface area contributed by atoms with Gasteiger partial charge in [-0.3, -0.25) is 0 Å². The van der Waals surface area contributed by atoms with Gasteiger partial charge in [0.15, 0.2) is 0 Å². The first kappa shape index (κ1) is 17.5. The molecule has 6 heteroatoms. The zero-order valence-corrected chi connectivity index (χ0v) is 14.3. The number of anilines is 2. The molecule has 0 spiro atoms. The SMILES string of the molecule is COc1ccc(NC(=O)Nc2ccc(OC(C)C)cc2)c(OC)c1. The van der Waals surface area contributed by atoms with Gasteiger partial charge in [0.1, 0.15) is 17.2 Å². The molecule has 2 aromatic carbocycles. The highest BCUT2D eigenvalue weighted by Crippen LogP contribution is 2.29. The highest BCUT2D eigenvalue weighted by molar-refractivity contribution is 6.00. The summed E-state index contributed by atoms with van der Waals surface area (Å²) in [7, 11) is 3.10. The Hall–Kier alpha value is -2.89. The Kier molecular flexibility index (Phi) is 5.89. The third-order valence-corrected chi connectivity index (χ3v) is 3.14. The quantitative estimate of drug-likeness (QED) is 0.835. The minimum atomic E-state index is -0.365. The smallest absolute Gasteiger partial charge is 0.323 e. The number of carbonyl (C=O) groups is 1. The van der Waals surface area contributed by atoms with E-state index in [2.05, 4.69) is 10.6 Å². The van der Waals surface area contributed by atoms with Gasteiger partial charge in [0.25, 0.3) is 0 Å². The lowest BCUT2D eigenvalue weighted by Crippen LogP contribution is -2.19. The topological polar surface area (TPSA) is 68.8 Å².